The number of hydrogen-bond donors (Lipinski definition) is 1. The Kier molecular flexibility index (Phi) is 6.44. The van der Waals surface area contributed by atoms with E-state index >= 15 is 0 Å². The maximum atomic E-state index is 12.1. The molecule has 2 rings (SSSR count). The maximum Gasteiger partial charge on any atom is 0.407 e. The third kappa shape index (κ3) is 4.98. The molecule has 0 atom stereocenters. The Bertz CT molecular complexity index is 509. The van der Waals surface area contributed by atoms with Gasteiger partial charge in [0.25, 0.3) is 0 Å². The zero-order chi connectivity index (χ0) is 16.5. The van der Waals surface area contributed by atoms with E-state index in [9.17, 15) is 9.59 Å². The molecule has 1 saturated carbocycles. The van der Waals surface area contributed by atoms with E-state index in [2.05, 4.69) is 5.32 Å². The number of hydrogen-bond acceptors (Lipinski definition) is 4. The van der Waals surface area contributed by atoms with Crippen LogP contribution in [0.3, 0.4) is 0 Å². The number of esters is 1. The fraction of sp³-hybridized carbons (Fsp3) is 0.556. The molecule has 0 radical (unpaired) electrons. The summed E-state index contributed by atoms with van der Waals surface area (Å²) in [5, 5.41) is 2.74. The Balaban J connectivity index is 1.75. The van der Waals surface area contributed by atoms with Gasteiger partial charge >= 0.3 is 12.1 Å². The molecule has 0 bridgehead atoms. The van der Waals surface area contributed by atoms with Crippen LogP contribution in [0.1, 0.15) is 44.1 Å². The number of nitrogens with one attached hydrogen (secondary N) is 1. The summed E-state index contributed by atoms with van der Waals surface area (Å²) in [6, 6.07) is 9.53. The van der Waals surface area contributed by atoms with Crippen LogP contribution in [0.4, 0.5) is 4.79 Å². The standard InChI is InChI=1S/C18H25NO4/c1-22-16(20)18(10-6-3-7-11-18)12-13-19-17(21)23-14-15-8-4-2-5-9-15/h2,4-5,8-9H,3,6-7,10-14H2,1H3,(H,19,21). The van der Waals surface area contributed by atoms with Crippen molar-refractivity contribution in [3.63, 3.8) is 0 Å². The van der Waals surface area contributed by atoms with Crippen molar-refractivity contribution >= 4 is 12.1 Å². The predicted octanol–water partition coefficient (Wildman–Crippen LogP) is 3.43. The van der Waals surface area contributed by atoms with Crippen LogP contribution >= 0.6 is 0 Å². The first-order chi connectivity index (χ1) is 11.2. The molecular weight excluding hydrogens is 294 g/mol. The number of rotatable bonds is 6. The summed E-state index contributed by atoms with van der Waals surface area (Å²) in [5.74, 6) is -0.156. The van der Waals surface area contributed by atoms with E-state index in [4.69, 9.17) is 9.47 Å². The van der Waals surface area contributed by atoms with Crippen LogP contribution in [0, 0.1) is 5.41 Å². The highest BCUT2D eigenvalue weighted by molar-refractivity contribution is 5.77. The van der Waals surface area contributed by atoms with Gasteiger partial charge in [0.15, 0.2) is 0 Å². The summed E-state index contributed by atoms with van der Waals surface area (Å²) in [6.07, 6.45) is 5.04. The molecule has 0 unspecified atom stereocenters. The number of carbonyl (C=O) groups excluding carboxylic acids is 2. The molecule has 126 valence electrons. The minimum Gasteiger partial charge on any atom is -0.469 e. The van der Waals surface area contributed by atoms with Crippen molar-refractivity contribution in [2.24, 2.45) is 5.41 Å². The van der Waals surface area contributed by atoms with Crippen LogP contribution in [0.5, 0.6) is 0 Å². The zero-order valence-corrected chi connectivity index (χ0v) is 13.7. The van der Waals surface area contributed by atoms with Crippen LogP contribution in [0.25, 0.3) is 0 Å². The first-order valence-electron chi connectivity index (χ1n) is 8.19. The van der Waals surface area contributed by atoms with Crippen molar-refractivity contribution in [3.05, 3.63) is 35.9 Å². The highest BCUT2D eigenvalue weighted by Crippen LogP contribution is 2.40. The molecule has 1 amide bonds. The van der Waals surface area contributed by atoms with Crippen LogP contribution < -0.4 is 5.32 Å². The van der Waals surface area contributed by atoms with Crippen molar-refractivity contribution < 1.29 is 19.1 Å². The van der Waals surface area contributed by atoms with Gasteiger partial charge in [-0.25, -0.2) is 4.79 Å². The number of methoxy groups -OCH3 is 1. The second-order valence-electron chi connectivity index (χ2n) is 6.07. The summed E-state index contributed by atoms with van der Waals surface area (Å²) in [7, 11) is 1.43. The van der Waals surface area contributed by atoms with Crippen molar-refractivity contribution in [3.8, 4) is 0 Å². The second-order valence-corrected chi connectivity index (χ2v) is 6.07. The van der Waals surface area contributed by atoms with E-state index in [0.717, 1.165) is 37.7 Å². The van der Waals surface area contributed by atoms with Crippen molar-refractivity contribution in [1.29, 1.82) is 0 Å². The Labute approximate surface area is 137 Å². The molecule has 1 aromatic carbocycles. The summed E-state index contributed by atoms with van der Waals surface area (Å²) in [4.78, 5) is 23.9. The van der Waals surface area contributed by atoms with Gasteiger partial charge in [-0.2, -0.15) is 0 Å². The first-order valence-corrected chi connectivity index (χ1v) is 8.19. The quantitative estimate of drug-likeness (QED) is 0.816. The summed E-state index contributed by atoms with van der Waals surface area (Å²) < 4.78 is 10.1. The summed E-state index contributed by atoms with van der Waals surface area (Å²) in [6.45, 7) is 0.664. The highest BCUT2D eigenvalue weighted by atomic mass is 16.5. The molecule has 5 nitrogen and oxygen atoms in total. The lowest BCUT2D eigenvalue weighted by atomic mass is 9.72. The van der Waals surface area contributed by atoms with Gasteiger partial charge in [-0.1, -0.05) is 49.6 Å². The van der Waals surface area contributed by atoms with Gasteiger partial charge in [-0.15, -0.1) is 0 Å². The second kappa shape index (κ2) is 8.56. The number of ether oxygens (including phenoxy) is 2. The van der Waals surface area contributed by atoms with E-state index in [-0.39, 0.29) is 12.6 Å². The van der Waals surface area contributed by atoms with E-state index in [1.54, 1.807) is 0 Å². The lowest BCUT2D eigenvalue weighted by Crippen LogP contribution is -2.38. The predicted molar refractivity (Wildman–Crippen MR) is 86.8 cm³/mol. The van der Waals surface area contributed by atoms with Gasteiger partial charge < -0.3 is 14.8 Å². The average molecular weight is 319 g/mol. The molecule has 23 heavy (non-hydrogen) atoms. The van der Waals surface area contributed by atoms with E-state index in [1.807, 2.05) is 30.3 Å². The molecule has 1 aromatic rings. The van der Waals surface area contributed by atoms with Gasteiger partial charge in [0, 0.05) is 6.54 Å². The Morgan fingerprint density at radius 2 is 1.83 bits per heavy atom. The monoisotopic (exact) mass is 319 g/mol. The smallest absolute Gasteiger partial charge is 0.407 e. The molecule has 1 aliphatic carbocycles. The van der Waals surface area contributed by atoms with Crippen LogP contribution in [-0.2, 0) is 20.9 Å². The number of amides is 1. The van der Waals surface area contributed by atoms with Gasteiger partial charge in [-0.05, 0) is 24.8 Å². The van der Waals surface area contributed by atoms with Crippen molar-refractivity contribution in [1.82, 2.24) is 5.32 Å². The SMILES string of the molecule is COC(=O)C1(CCNC(=O)OCc2ccccc2)CCCCC1. The molecule has 0 aromatic heterocycles. The molecular formula is C18H25NO4. The van der Waals surface area contributed by atoms with Crippen LogP contribution in [0.2, 0.25) is 0 Å². The zero-order valence-electron chi connectivity index (χ0n) is 13.7. The minimum absolute atomic E-state index is 0.156. The maximum absolute atomic E-state index is 12.1. The molecule has 0 saturated heterocycles. The van der Waals surface area contributed by atoms with Crippen LogP contribution in [-0.4, -0.2) is 25.7 Å². The first kappa shape index (κ1) is 17.3. The third-order valence-electron chi connectivity index (χ3n) is 4.51. The lowest BCUT2D eigenvalue weighted by molar-refractivity contribution is -0.155. The molecule has 1 aliphatic rings. The molecule has 5 heteroatoms. The summed E-state index contributed by atoms with van der Waals surface area (Å²) in [5.41, 5.74) is 0.501. The van der Waals surface area contributed by atoms with Gasteiger partial charge in [0.2, 0.25) is 0 Å². The van der Waals surface area contributed by atoms with E-state index in [0.29, 0.717) is 13.0 Å². The average Bonchev–Trinajstić information content (AvgIpc) is 2.61. The van der Waals surface area contributed by atoms with Crippen molar-refractivity contribution in [2.45, 2.75) is 45.1 Å². The molecule has 0 aliphatic heterocycles. The summed E-state index contributed by atoms with van der Waals surface area (Å²) >= 11 is 0. The Hall–Kier alpha value is -2.04. The van der Waals surface area contributed by atoms with E-state index < -0.39 is 11.5 Å². The normalized spacial score (nSPS) is 16.4. The molecule has 0 heterocycles. The number of carbonyl (C=O) groups is 2. The lowest BCUT2D eigenvalue weighted by Gasteiger charge is -2.34. The van der Waals surface area contributed by atoms with Crippen molar-refractivity contribution in [2.75, 3.05) is 13.7 Å². The fourth-order valence-corrected chi connectivity index (χ4v) is 3.18. The largest absolute Gasteiger partial charge is 0.469 e. The molecule has 0 spiro atoms. The Morgan fingerprint density at radius 3 is 2.48 bits per heavy atom. The van der Waals surface area contributed by atoms with E-state index in [1.165, 1.54) is 7.11 Å². The minimum atomic E-state index is -0.454. The van der Waals surface area contributed by atoms with Crippen LogP contribution in [0.15, 0.2) is 30.3 Å². The highest BCUT2D eigenvalue weighted by Gasteiger charge is 2.40. The third-order valence-corrected chi connectivity index (χ3v) is 4.51. The molecule has 1 fully saturated rings. The fourth-order valence-electron chi connectivity index (χ4n) is 3.18. The number of benzene rings is 1. The molecule has 1 N–H and O–H groups in total. The number of alkyl carbamates (subject to hydrolysis) is 1. The topological polar surface area (TPSA) is 64.6 Å². The Morgan fingerprint density at radius 1 is 1.13 bits per heavy atom. The van der Waals surface area contributed by atoms with Gasteiger partial charge in [0.05, 0.1) is 12.5 Å². The van der Waals surface area contributed by atoms with Gasteiger partial charge in [-0.3, -0.25) is 4.79 Å². The van der Waals surface area contributed by atoms with Gasteiger partial charge in [0.1, 0.15) is 6.61 Å².